The van der Waals surface area contributed by atoms with Gasteiger partial charge in [-0.15, -0.1) is 5.10 Å². The topological polar surface area (TPSA) is 112 Å². The fourth-order valence-corrected chi connectivity index (χ4v) is 4.98. The standard InChI is InChI=1S/C30H33BrN8O/c1-18(40)38(5)23-8-6-7-19(11-23)28(26-16-39(37-36-26)22-9-10-22)35-25-13-21(31)12-24-27(34-17-30(2,3)4)20(14-32)15-33-29(24)25/h6-8,11-13,15-16,22,28,35H,9-10,17H2,1-5H3,(H,33,34)/t28-/m0/s1. The van der Waals surface area contributed by atoms with Crippen LogP contribution in [0.5, 0.6) is 0 Å². The highest BCUT2D eigenvalue weighted by molar-refractivity contribution is 9.10. The molecule has 1 fully saturated rings. The van der Waals surface area contributed by atoms with Crippen molar-refractivity contribution in [2.45, 2.75) is 52.6 Å². The van der Waals surface area contributed by atoms with Gasteiger partial charge >= 0.3 is 0 Å². The summed E-state index contributed by atoms with van der Waals surface area (Å²) in [5, 5.41) is 26.8. The summed E-state index contributed by atoms with van der Waals surface area (Å²) in [6.07, 6.45) is 5.82. The number of benzene rings is 2. The molecule has 9 nitrogen and oxygen atoms in total. The van der Waals surface area contributed by atoms with Crippen LogP contribution in [0.15, 0.2) is 53.3 Å². The number of nitrogens with one attached hydrogen (secondary N) is 2. The van der Waals surface area contributed by atoms with E-state index >= 15 is 0 Å². The molecule has 0 saturated heterocycles. The van der Waals surface area contributed by atoms with Crippen molar-refractivity contribution in [3.8, 4) is 6.07 Å². The zero-order valence-corrected chi connectivity index (χ0v) is 25.0. The van der Waals surface area contributed by atoms with Crippen molar-refractivity contribution in [2.24, 2.45) is 5.41 Å². The Morgan fingerprint density at radius 2 is 2.05 bits per heavy atom. The van der Waals surface area contributed by atoms with Crippen LogP contribution in [0.4, 0.5) is 17.1 Å². The number of hydrogen-bond donors (Lipinski definition) is 2. The van der Waals surface area contributed by atoms with Crippen LogP contribution >= 0.6 is 15.9 Å². The predicted octanol–water partition coefficient (Wildman–Crippen LogP) is 6.44. The van der Waals surface area contributed by atoms with Gasteiger partial charge in [-0.25, -0.2) is 4.68 Å². The molecule has 2 heterocycles. The van der Waals surface area contributed by atoms with Gasteiger partial charge in [0.15, 0.2) is 0 Å². The van der Waals surface area contributed by atoms with E-state index in [9.17, 15) is 10.1 Å². The number of halogens is 1. The first-order valence-corrected chi connectivity index (χ1v) is 14.1. The summed E-state index contributed by atoms with van der Waals surface area (Å²) in [4.78, 5) is 18.4. The van der Waals surface area contributed by atoms with Gasteiger partial charge in [-0.3, -0.25) is 9.78 Å². The molecule has 2 aromatic carbocycles. The van der Waals surface area contributed by atoms with Crippen LogP contribution in [0.3, 0.4) is 0 Å². The number of hydrogen-bond acceptors (Lipinski definition) is 7. The summed E-state index contributed by atoms with van der Waals surface area (Å²) in [5.74, 6) is -0.0490. The summed E-state index contributed by atoms with van der Waals surface area (Å²) >= 11 is 3.68. The maximum Gasteiger partial charge on any atom is 0.223 e. The van der Waals surface area contributed by atoms with E-state index in [1.807, 2.05) is 47.3 Å². The second-order valence-corrected chi connectivity index (χ2v) is 12.4. The Morgan fingerprint density at radius 3 is 2.73 bits per heavy atom. The Labute approximate surface area is 242 Å². The van der Waals surface area contributed by atoms with Gasteiger partial charge in [-0.1, -0.05) is 54.0 Å². The van der Waals surface area contributed by atoms with Crippen LogP contribution < -0.4 is 15.5 Å². The van der Waals surface area contributed by atoms with Crippen LogP contribution in [-0.2, 0) is 4.79 Å². The van der Waals surface area contributed by atoms with Gasteiger partial charge in [0.25, 0.3) is 0 Å². The third kappa shape index (κ3) is 5.94. The summed E-state index contributed by atoms with van der Waals surface area (Å²) in [6.45, 7) is 8.68. The second-order valence-electron chi connectivity index (χ2n) is 11.5. The average molecular weight is 602 g/mol. The minimum atomic E-state index is -0.367. The van der Waals surface area contributed by atoms with Crippen LogP contribution in [0.2, 0.25) is 0 Å². The number of fused-ring (bicyclic) bond motifs is 1. The van der Waals surface area contributed by atoms with Crippen molar-refractivity contribution in [3.63, 3.8) is 0 Å². The average Bonchev–Trinajstić information content (AvgIpc) is 3.65. The smallest absolute Gasteiger partial charge is 0.223 e. The molecule has 0 aliphatic heterocycles. The molecule has 1 saturated carbocycles. The Morgan fingerprint density at radius 1 is 1.27 bits per heavy atom. The zero-order valence-electron chi connectivity index (χ0n) is 23.4. The maximum atomic E-state index is 12.1. The summed E-state index contributed by atoms with van der Waals surface area (Å²) in [5.41, 5.74) is 5.27. The molecule has 1 aliphatic carbocycles. The molecule has 2 aromatic heterocycles. The lowest BCUT2D eigenvalue weighted by Gasteiger charge is -2.23. The first kappa shape index (κ1) is 27.6. The monoisotopic (exact) mass is 600 g/mol. The van der Waals surface area contributed by atoms with Gasteiger partial charge < -0.3 is 15.5 Å². The molecule has 1 atom stereocenters. The van der Waals surface area contributed by atoms with Gasteiger partial charge in [0.05, 0.1) is 40.7 Å². The van der Waals surface area contributed by atoms with Gasteiger partial charge in [-0.05, 0) is 48.1 Å². The Bertz CT molecular complexity index is 1610. The first-order valence-electron chi connectivity index (χ1n) is 13.3. The molecule has 2 N–H and O–H groups in total. The van der Waals surface area contributed by atoms with E-state index < -0.39 is 0 Å². The highest BCUT2D eigenvalue weighted by Crippen LogP contribution is 2.38. The molecule has 0 radical (unpaired) electrons. The summed E-state index contributed by atoms with van der Waals surface area (Å²) < 4.78 is 2.78. The molecule has 1 amide bonds. The van der Waals surface area contributed by atoms with Gasteiger partial charge in [0.2, 0.25) is 5.91 Å². The largest absolute Gasteiger partial charge is 0.383 e. The van der Waals surface area contributed by atoms with E-state index in [0.29, 0.717) is 18.2 Å². The number of carbonyl (C=O) groups excluding carboxylic acids is 1. The molecular weight excluding hydrogens is 568 g/mol. The number of nitriles is 1. The number of nitrogens with zero attached hydrogens (tertiary/aromatic N) is 6. The van der Waals surface area contributed by atoms with Gasteiger partial charge in [0, 0.05) is 42.3 Å². The summed E-state index contributed by atoms with van der Waals surface area (Å²) in [6, 6.07) is 14.1. The molecule has 5 rings (SSSR count). The minimum absolute atomic E-state index is 0.0198. The van der Waals surface area contributed by atoms with E-state index in [0.717, 1.165) is 56.5 Å². The van der Waals surface area contributed by atoms with Gasteiger partial charge in [-0.2, -0.15) is 5.26 Å². The van der Waals surface area contributed by atoms with Crippen molar-refractivity contribution in [1.29, 1.82) is 5.26 Å². The number of aromatic nitrogens is 4. The molecular formula is C30H33BrN8O. The fourth-order valence-electron chi connectivity index (χ4n) is 4.52. The predicted molar refractivity (Wildman–Crippen MR) is 161 cm³/mol. The Hall–Kier alpha value is -3.97. The minimum Gasteiger partial charge on any atom is -0.383 e. The van der Waals surface area contributed by atoms with Crippen molar-refractivity contribution < 1.29 is 4.79 Å². The third-order valence-corrected chi connectivity index (χ3v) is 7.42. The highest BCUT2D eigenvalue weighted by Gasteiger charge is 2.28. The Kier molecular flexibility index (Phi) is 7.51. The lowest BCUT2D eigenvalue weighted by molar-refractivity contribution is -0.116. The van der Waals surface area contributed by atoms with Crippen molar-refractivity contribution in [2.75, 3.05) is 29.1 Å². The molecule has 206 valence electrons. The van der Waals surface area contributed by atoms with Crippen LogP contribution in [0.1, 0.15) is 69.4 Å². The number of rotatable bonds is 8. The molecule has 4 aromatic rings. The maximum absolute atomic E-state index is 12.1. The lowest BCUT2D eigenvalue weighted by atomic mass is 9.96. The van der Waals surface area contributed by atoms with Gasteiger partial charge in [0.1, 0.15) is 11.8 Å². The number of anilines is 3. The molecule has 0 bridgehead atoms. The third-order valence-electron chi connectivity index (χ3n) is 6.96. The van der Waals surface area contributed by atoms with E-state index in [1.165, 1.54) is 0 Å². The van der Waals surface area contributed by atoms with Crippen LogP contribution in [0, 0.1) is 16.7 Å². The fraction of sp³-hybridized carbons (Fsp3) is 0.367. The highest BCUT2D eigenvalue weighted by atomic mass is 79.9. The Balaban J connectivity index is 1.62. The lowest BCUT2D eigenvalue weighted by Crippen LogP contribution is -2.23. The van der Waals surface area contributed by atoms with Crippen molar-refractivity contribution in [1.82, 2.24) is 20.0 Å². The molecule has 0 spiro atoms. The van der Waals surface area contributed by atoms with Crippen LogP contribution in [0.25, 0.3) is 10.9 Å². The van der Waals surface area contributed by atoms with E-state index in [4.69, 9.17) is 4.98 Å². The van der Waals surface area contributed by atoms with E-state index in [1.54, 1.807) is 25.1 Å². The summed E-state index contributed by atoms with van der Waals surface area (Å²) in [7, 11) is 1.76. The number of pyridine rings is 1. The zero-order chi connectivity index (χ0) is 28.6. The second kappa shape index (κ2) is 10.9. The normalized spacial score (nSPS) is 14.0. The quantitative estimate of drug-likeness (QED) is 0.239. The van der Waals surface area contributed by atoms with Crippen molar-refractivity contribution >= 4 is 49.8 Å². The SMILES string of the molecule is CC(=O)N(C)c1cccc([C@H](Nc2cc(Br)cc3c(NCC(C)(C)C)c(C#N)cnc23)c2cn(C3CC3)nn2)c1. The molecule has 1 aliphatic rings. The van der Waals surface area contributed by atoms with E-state index in [-0.39, 0.29) is 17.4 Å². The number of carbonyl (C=O) groups is 1. The molecule has 0 unspecified atom stereocenters. The molecule has 10 heteroatoms. The van der Waals surface area contributed by atoms with E-state index in [2.05, 4.69) is 63.7 Å². The van der Waals surface area contributed by atoms with Crippen LogP contribution in [-0.4, -0.2) is 39.5 Å². The number of amides is 1. The van der Waals surface area contributed by atoms with Crippen molar-refractivity contribution in [3.05, 3.63) is 70.1 Å². The molecule has 40 heavy (non-hydrogen) atoms. The first-order chi connectivity index (χ1) is 19.0.